The van der Waals surface area contributed by atoms with Gasteiger partial charge in [-0.15, -0.1) is 0 Å². The van der Waals surface area contributed by atoms with E-state index < -0.39 is 0 Å². The van der Waals surface area contributed by atoms with Gasteiger partial charge in [0.05, 0.1) is 18.9 Å². The summed E-state index contributed by atoms with van der Waals surface area (Å²) in [7, 11) is 2.23. The molecule has 0 aliphatic carbocycles. The van der Waals surface area contributed by atoms with E-state index in [1.54, 1.807) is 0 Å². The molecule has 0 radical (unpaired) electrons. The van der Waals surface area contributed by atoms with Crippen LogP contribution in [0.3, 0.4) is 0 Å². The molecule has 2 aliphatic rings. The van der Waals surface area contributed by atoms with Crippen molar-refractivity contribution >= 4 is 0 Å². The van der Waals surface area contributed by atoms with Crippen LogP contribution in [0.1, 0.15) is 17.0 Å². The highest BCUT2D eigenvalue weighted by Crippen LogP contribution is 2.22. The Bertz CT molecular complexity index is 425. The Labute approximate surface area is 114 Å². The van der Waals surface area contributed by atoms with E-state index in [0.717, 1.165) is 45.1 Å². The van der Waals surface area contributed by atoms with Gasteiger partial charge in [-0.3, -0.25) is 10.00 Å². The maximum absolute atomic E-state index is 5.83. The standard InChI is InChI=1S/C14H24N4O/c1-10-14(11(2)16-15-10)7-18-5-12-4-17(3)6-13(18)9-19-8-12/h12-13H,4-9H2,1-3H3,(H,15,16)/t12-,13-/m0/s1. The number of likely N-dealkylation sites (N-methyl/N-ethyl adjacent to an activating group) is 1. The summed E-state index contributed by atoms with van der Waals surface area (Å²) in [5.41, 5.74) is 3.69. The van der Waals surface area contributed by atoms with Gasteiger partial charge in [0.25, 0.3) is 0 Å². The molecule has 2 atom stereocenters. The van der Waals surface area contributed by atoms with E-state index in [2.05, 4.69) is 40.9 Å². The average molecular weight is 264 g/mol. The SMILES string of the molecule is Cc1n[nH]c(C)c1CN1C[C@H]2COC[C@@H]1CN(C)C2. The minimum atomic E-state index is 0.506. The Morgan fingerprint density at radius 1 is 1.26 bits per heavy atom. The summed E-state index contributed by atoms with van der Waals surface area (Å²) >= 11 is 0. The van der Waals surface area contributed by atoms with Gasteiger partial charge in [-0.1, -0.05) is 0 Å². The zero-order chi connectivity index (χ0) is 13.4. The highest BCUT2D eigenvalue weighted by Gasteiger charge is 2.32. The largest absolute Gasteiger partial charge is 0.379 e. The fourth-order valence-electron chi connectivity index (χ4n) is 3.37. The molecule has 2 aliphatic heterocycles. The molecule has 0 unspecified atom stereocenters. The average Bonchev–Trinajstić information content (AvgIpc) is 2.53. The first kappa shape index (κ1) is 13.1. The predicted molar refractivity (Wildman–Crippen MR) is 74.1 cm³/mol. The summed E-state index contributed by atoms with van der Waals surface area (Å²) in [6.07, 6.45) is 0. The number of ether oxygens (including phenoxy) is 1. The third kappa shape index (κ3) is 2.68. The molecule has 3 heterocycles. The molecule has 2 fully saturated rings. The molecule has 2 bridgehead atoms. The minimum Gasteiger partial charge on any atom is -0.379 e. The van der Waals surface area contributed by atoms with E-state index in [1.807, 2.05) is 0 Å². The molecule has 0 amide bonds. The zero-order valence-corrected chi connectivity index (χ0v) is 12.1. The molecule has 1 N–H and O–H groups in total. The van der Waals surface area contributed by atoms with Gasteiger partial charge < -0.3 is 9.64 Å². The molecule has 5 heteroatoms. The van der Waals surface area contributed by atoms with Gasteiger partial charge in [0.2, 0.25) is 0 Å². The summed E-state index contributed by atoms with van der Waals surface area (Å²) in [6.45, 7) is 10.3. The normalized spacial score (nSPS) is 29.4. The summed E-state index contributed by atoms with van der Waals surface area (Å²) in [5.74, 6) is 0.630. The molecule has 0 aromatic carbocycles. The van der Waals surface area contributed by atoms with Crippen LogP contribution in [0, 0.1) is 19.8 Å². The van der Waals surface area contributed by atoms with Crippen molar-refractivity contribution in [1.29, 1.82) is 0 Å². The lowest BCUT2D eigenvalue weighted by Crippen LogP contribution is -2.42. The Balaban J connectivity index is 1.80. The number of nitrogens with one attached hydrogen (secondary N) is 1. The van der Waals surface area contributed by atoms with Crippen molar-refractivity contribution in [3.63, 3.8) is 0 Å². The van der Waals surface area contributed by atoms with Crippen LogP contribution >= 0.6 is 0 Å². The van der Waals surface area contributed by atoms with Crippen LogP contribution in [0.2, 0.25) is 0 Å². The maximum atomic E-state index is 5.83. The van der Waals surface area contributed by atoms with Crippen molar-refractivity contribution in [3.8, 4) is 0 Å². The molecule has 1 aromatic rings. The van der Waals surface area contributed by atoms with E-state index in [0.29, 0.717) is 12.0 Å². The Hall–Kier alpha value is -0.910. The van der Waals surface area contributed by atoms with Crippen molar-refractivity contribution in [2.45, 2.75) is 26.4 Å². The van der Waals surface area contributed by atoms with Crippen molar-refractivity contribution in [2.75, 3.05) is 39.9 Å². The fourth-order valence-corrected chi connectivity index (χ4v) is 3.37. The van der Waals surface area contributed by atoms with E-state index in [-0.39, 0.29) is 0 Å². The highest BCUT2D eigenvalue weighted by atomic mass is 16.5. The summed E-state index contributed by atoms with van der Waals surface area (Å²) in [5, 5.41) is 7.40. The van der Waals surface area contributed by atoms with Gasteiger partial charge in [0.1, 0.15) is 0 Å². The van der Waals surface area contributed by atoms with Crippen LogP contribution in [-0.4, -0.2) is 65.9 Å². The van der Waals surface area contributed by atoms with Gasteiger partial charge in [0, 0.05) is 49.4 Å². The zero-order valence-electron chi connectivity index (χ0n) is 12.1. The molecule has 106 valence electrons. The summed E-state index contributed by atoms with van der Waals surface area (Å²) < 4.78 is 5.83. The minimum absolute atomic E-state index is 0.506. The molecule has 0 spiro atoms. The molecular formula is C14H24N4O. The number of hydrogen-bond donors (Lipinski definition) is 1. The molecule has 19 heavy (non-hydrogen) atoms. The molecule has 0 saturated carbocycles. The second-order valence-corrected chi connectivity index (χ2v) is 6.12. The third-order valence-corrected chi connectivity index (χ3v) is 4.41. The number of fused-ring (bicyclic) bond motifs is 3. The second-order valence-electron chi connectivity index (χ2n) is 6.12. The van der Waals surface area contributed by atoms with Crippen LogP contribution in [-0.2, 0) is 11.3 Å². The van der Waals surface area contributed by atoms with Gasteiger partial charge >= 0.3 is 0 Å². The van der Waals surface area contributed by atoms with E-state index in [4.69, 9.17) is 4.74 Å². The summed E-state index contributed by atoms with van der Waals surface area (Å²) in [4.78, 5) is 5.04. The monoisotopic (exact) mass is 264 g/mol. The number of nitrogens with zero attached hydrogens (tertiary/aromatic N) is 3. The molecular weight excluding hydrogens is 240 g/mol. The first-order valence-electron chi connectivity index (χ1n) is 7.14. The van der Waals surface area contributed by atoms with Crippen molar-refractivity contribution in [1.82, 2.24) is 20.0 Å². The third-order valence-electron chi connectivity index (χ3n) is 4.41. The first-order valence-corrected chi connectivity index (χ1v) is 7.14. The molecule has 5 nitrogen and oxygen atoms in total. The molecule has 1 aromatic heterocycles. The quantitative estimate of drug-likeness (QED) is 0.858. The van der Waals surface area contributed by atoms with Gasteiger partial charge in [0.15, 0.2) is 0 Å². The lowest BCUT2D eigenvalue weighted by atomic mass is 10.1. The van der Waals surface area contributed by atoms with E-state index in [9.17, 15) is 0 Å². The number of hydrogen-bond acceptors (Lipinski definition) is 4. The fraction of sp³-hybridized carbons (Fsp3) is 0.786. The Morgan fingerprint density at radius 2 is 2.11 bits per heavy atom. The van der Waals surface area contributed by atoms with Crippen LogP contribution in [0.15, 0.2) is 0 Å². The lowest BCUT2D eigenvalue weighted by molar-refractivity contribution is 0.0561. The number of aromatic nitrogens is 2. The van der Waals surface area contributed by atoms with Crippen LogP contribution in [0.4, 0.5) is 0 Å². The smallest absolute Gasteiger partial charge is 0.0639 e. The molecule has 2 saturated heterocycles. The van der Waals surface area contributed by atoms with Gasteiger partial charge in [-0.05, 0) is 20.9 Å². The number of rotatable bonds is 2. The van der Waals surface area contributed by atoms with Gasteiger partial charge in [-0.25, -0.2) is 0 Å². The van der Waals surface area contributed by atoms with Crippen molar-refractivity contribution in [2.24, 2.45) is 5.92 Å². The highest BCUT2D eigenvalue weighted by molar-refractivity contribution is 5.23. The van der Waals surface area contributed by atoms with Crippen LogP contribution in [0.5, 0.6) is 0 Å². The van der Waals surface area contributed by atoms with Crippen LogP contribution in [0.25, 0.3) is 0 Å². The Kier molecular flexibility index (Phi) is 3.60. The lowest BCUT2D eigenvalue weighted by Gasteiger charge is -2.29. The maximum Gasteiger partial charge on any atom is 0.0639 e. The van der Waals surface area contributed by atoms with Crippen LogP contribution < -0.4 is 0 Å². The van der Waals surface area contributed by atoms with Crippen molar-refractivity contribution < 1.29 is 4.74 Å². The van der Waals surface area contributed by atoms with Gasteiger partial charge in [-0.2, -0.15) is 5.10 Å². The summed E-state index contributed by atoms with van der Waals surface area (Å²) in [6, 6.07) is 0.506. The predicted octanol–water partition coefficient (Wildman–Crippen LogP) is 0.789. The number of aromatic amines is 1. The Morgan fingerprint density at radius 3 is 2.84 bits per heavy atom. The second kappa shape index (κ2) is 5.23. The van der Waals surface area contributed by atoms with E-state index in [1.165, 1.54) is 11.3 Å². The number of H-pyrrole nitrogens is 1. The van der Waals surface area contributed by atoms with Crippen molar-refractivity contribution in [3.05, 3.63) is 17.0 Å². The first-order chi connectivity index (χ1) is 9.13. The topological polar surface area (TPSA) is 44.4 Å². The molecule has 3 rings (SSSR count). The van der Waals surface area contributed by atoms with E-state index >= 15 is 0 Å². The number of aryl methyl sites for hydroxylation is 2.